The highest BCUT2D eigenvalue weighted by Gasteiger charge is 2.27. The number of likely N-dealkylation sites (tertiary alicyclic amines) is 1. The number of hydrogen-bond acceptors (Lipinski definition) is 4. The molecule has 0 spiro atoms. The van der Waals surface area contributed by atoms with Gasteiger partial charge in [-0.2, -0.15) is 0 Å². The number of halogens is 3. The number of piperidine rings is 1. The van der Waals surface area contributed by atoms with Gasteiger partial charge in [-0.1, -0.05) is 53.0 Å². The van der Waals surface area contributed by atoms with E-state index >= 15 is 0 Å². The van der Waals surface area contributed by atoms with E-state index in [2.05, 4.69) is 33.3 Å². The molecular weight excluding hydrogens is 493 g/mol. The first-order chi connectivity index (χ1) is 16.3. The van der Waals surface area contributed by atoms with Gasteiger partial charge in [0.15, 0.2) is 0 Å². The largest absolute Gasteiger partial charge is 0.480 e. The first-order valence-electron chi connectivity index (χ1n) is 11.7. The highest BCUT2D eigenvalue weighted by molar-refractivity contribution is 6.35. The third-order valence-corrected chi connectivity index (χ3v) is 7.63. The Balaban J connectivity index is 1.42. The van der Waals surface area contributed by atoms with Gasteiger partial charge in [0.25, 0.3) is 0 Å². The fraction of sp³-hybridized carbons (Fsp3) is 0.423. The van der Waals surface area contributed by atoms with Crippen molar-refractivity contribution in [2.24, 2.45) is 0 Å². The Kier molecular flexibility index (Phi) is 8.43. The molecule has 1 unspecified atom stereocenters. The Labute approximate surface area is 216 Å². The van der Waals surface area contributed by atoms with Gasteiger partial charge >= 0.3 is 5.97 Å². The second kappa shape index (κ2) is 11.3. The molecule has 1 saturated heterocycles. The Morgan fingerprint density at radius 1 is 1.15 bits per heavy atom. The summed E-state index contributed by atoms with van der Waals surface area (Å²) in [4.78, 5) is 15.6. The minimum atomic E-state index is -0.749. The molecule has 5 nitrogen and oxygen atoms in total. The van der Waals surface area contributed by atoms with E-state index in [-0.39, 0.29) is 12.6 Å². The van der Waals surface area contributed by atoms with Crippen LogP contribution in [0.4, 0.5) is 5.69 Å². The van der Waals surface area contributed by atoms with Gasteiger partial charge in [0, 0.05) is 35.7 Å². The van der Waals surface area contributed by atoms with Crippen LogP contribution in [0.5, 0.6) is 0 Å². The van der Waals surface area contributed by atoms with Crippen LogP contribution in [-0.4, -0.2) is 59.6 Å². The Bertz CT molecular complexity index is 1080. The van der Waals surface area contributed by atoms with Crippen molar-refractivity contribution in [2.45, 2.75) is 38.3 Å². The molecule has 2 aliphatic heterocycles. The minimum absolute atomic E-state index is 0.0339. The smallest absolute Gasteiger partial charge is 0.317 e. The van der Waals surface area contributed by atoms with Crippen LogP contribution in [0.25, 0.3) is 5.57 Å². The molecule has 0 radical (unpaired) electrons. The summed E-state index contributed by atoms with van der Waals surface area (Å²) >= 11 is 18.9. The summed E-state index contributed by atoms with van der Waals surface area (Å²) in [6, 6.07) is 12.0. The second-order valence-electron chi connectivity index (χ2n) is 9.13. The van der Waals surface area contributed by atoms with Crippen LogP contribution in [0.2, 0.25) is 15.1 Å². The van der Waals surface area contributed by atoms with Gasteiger partial charge in [0.2, 0.25) is 0 Å². The number of benzene rings is 2. The van der Waals surface area contributed by atoms with Crippen molar-refractivity contribution in [3.63, 3.8) is 0 Å². The highest BCUT2D eigenvalue weighted by Crippen LogP contribution is 2.34. The third-order valence-electron chi connectivity index (χ3n) is 6.73. The Morgan fingerprint density at radius 3 is 2.68 bits per heavy atom. The van der Waals surface area contributed by atoms with Crippen LogP contribution in [-0.2, 0) is 4.79 Å². The van der Waals surface area contributed by atoms with Crippen molar-refractivity contribution in [1.82, 2.24) is 9.80 Å². The molecule has 2 aromatic rings. The molecule has 0 aromatic heterocycles. The number of aliphatic carboxylic acids is 1. The number of nitrogens with one attached hydrogen (secondary N) is 1. The van der Waals surface area contributed by atoms with E-state index in [4.69, 9.17) is 39.9 Å². The van der Waals surface area contributed by atoms with E-state index in [0.717, 1.165) is 62.3 Å². The summed E-state index contributed by atoms with van der Waals surface area (Å²) < 4.78 is 0. The summed E-state index contributed by atoms with van der Waals surface area (Å²) in [5.74, 6) is -0.749. The lowest BCUT2D eigenvalue weighted by molar-refractivity contribution is -0.138. The van der Waals surface area contributed by atoms with Crippen LogP contribution < -0.4 is 5.32 Å². The predicted molar refractivity (Wildman–Crippen MR) is 141 cm³/mol. The summed E-state index contributed by atoms with van der Waals surface area (Å²) in [5, 5.41) is 14.5. The first kappa shape index (κ1) is 25.3. The first-order valence-corrected chi connectivity index (χ1v) is 12.8. The van der Waals surface area contributed by atoms with E-state index in [1.807, 2.05) is 25.1 Å². The lowest BCUT2D eigenvalue weighted by atomic mass is 9.96. The number of hydrogen-bond donors (Lipinski definition) is 2. The molecule has 2 N–H and O–H groups in total. The van der Waals surface area contributed by atoms with Crippen LogP contribution in [0.3, 0.4) is 0 Å². The van der Waals surface area contributed by atoms with Crippen LogP contribution >= 0.6 is 34.8 Å². The maximum atomic E-state index is 11.1. The maximum Gasteiger partial charge on any atom is 0.317 e. The molecule has 4 rings (SSSR count). The Hall–Kier alpha value is -1.76. The van der Waals surface area contributed by atoms with Gasteiger partial charge in [0.1, 0.15) is 0 Å². The van der Waals surface area contributed by atoms with E-state index in [1.54, 1.807) is 6.07 Å². The van der Waals surface area contributed by atoms with E-state index < -0.39 is 5.97 Å². The van der Waals surface area contributed by atoms with E-state index in [1.165, 1.54) is 5.57 Å². The number of nitrogens with zero attached hydrogens (tertiary/aromatic N) is 2. The zero-order valence-electron chi connectivity index (χ0n) is 19.2. The van der Waals surface area contributed by atoms with Gasteiger partial charge in [-0.15, -0.1) is 0 Å². The monoisotopic (exact) mass is 521 g/mol. The van der Waals surface area contributed by atoms with Gasteiger partial charge in [-0.3, -0.25) is 14.6 Å². The van der Waals surface area contributed by atoms with Gasteiger partial charge in [-0.25, -0.2) is 0 Å². The molecule has 8 heteroatoms. The molecule has 1 fully saturated rings. The average molecular weight is 523 g/mol. The topological polar surface area (TPSA) is 55.8 Å². The normalized spacial score (nSPS) is 20.6. The second-order valence-corrected chi connectivity index (χ2v) is 10.4. The van der Waals surface area contributed by atoms with Gasteiger partial charge in [-0.05, 0) is 73.7 Å². The molecule has 182 valence electrons. The van der Waals surface area contributed by atoms with Crippen LogP contribution in [0.15, 0.2) is 42.5 Å². The zero-order valence-corrected chi connectivity index (χ0v) is 21.5. The molecule has 2 aliphatic rings. The molecule has 0 saturated carbocycles. The molecule has 2 aromatic carbocycles. The van der Waals surface area contributed by atoms with Crippen molar-refractivity contribution < 1.29 is 9.90 Å². The fourth-order valence-corrected chi connectivity index (χ4v) is 5.69. The number of rotatable bonds is 7. The molecule has 2 heterocycles. The zero-order chi connectivity index (χ0) is 24.2. The lowest BCUT2D eigenvalue weighted by Crippen LogP contribution is -2.50. The Morgan fingerprint density at radius 2 is 1.97 bits per heavy atom. The maximum absolute atomic E-state index is 11.1. The average Bonchev–Trinajstić information content (AvgIpc) is 2.80. The number of carboxylic acid groups (broad SMARTS) is 1. The molecular formula is C26H30Cl3N3O2. The standard InChI is InChI=1S/C26H30Cl3N3O2/c1-17(22-6-5-20(27)14-24(22)29)30-25-13-19(4-7-23(25)28)18-8-11-32(12-9-18)21-3-2-10-31(15-21)16-26(33)34/h4-8,13-14,17,21,30H,2-3,9-12,15-16H2,1H3,(H,33,34)/t17?,21-/m0/s1. The summed E-state index contributed by atoms with van der Waals surface area (Å²) in [5.41, 5.74) is 4.31. The third kappa shape index (κ3) is 6.27. The number of carboxylic acids is 1. The molecule has 2 atom stereocenters. The summed E-state index contributed by atoms with van der Waals surface area (Å²) in [6.07, 6.45) is 5.42. The predicted octanol–water partition coefficient (Wildman–Crippen LogP) is 6.46. The van der Waals surface area contributed by atoms with Crippen molar-refractivity contribution in [3.8, 4) is 0 Å². The van der Waals surface area contributed by atoms with Gasteiger partial charge in [0.05, 0.1) is 23.3 Å². The molecule has 0 aliphatic carbocycles. The fourth-order valence-electron chi connectivity index (χ4n) is 4.94. The van der Waals surface area contributed by atoms with Crippen molar-refractivity contribution >= 4 is 52.0 Å². The van der Waals surface area contributed by atoms with Crippen molar-refractivity contribution in [1.29, 1.82) is 0 Å². The number of carbonyl (C=O) groups is 1. The van der Waals surface area contributed by atoms with Crippen molar-refractivity contribution in [3.05, 3.63) is 68.7 Å². The highest BCUT2D eigenvalue weighted by atomic mass is 35.5. The minimum Gasteiger partial charge on any atom is -0.480 e. The van der Waals surface area contributed by atoms with Crippen molar-refractivity contribution in [2.75, 3.05) is 38.0 Å². The summed E-state index contributed by atoms with van der Waals surface area (Å²) in [7, 11) is 0. The van der Waals surface area contributed by atoms with E-state index in [0.29, 0.717) is 21.1 Å². The quantitative estimate of drug-likeness (QED) is 0.437. The number of anilines is 1. The molecule has 0 amide bonds. The molecule has 34 heavy (non-hydrogen) atoms. The van der Waals surface area contributed by atoms with E-state index in [9.17, 15) is 4.79 Å². The SMILES string of the molecule is CC(Nc1cc(C2=CCN([C@H]3CCCN(CC(=O)O)C3)CC2)ccc1Cl)c1ccc(Cl)cc1Cl. The van der Waals surface area contributed by atoms with Crippen LogP contribution in [0.1, 0.15) is 43.4 Å². The van der Waals surface area contributed by atoms with Crippen LogP contribution in [0, 0.1) is 0 Å². The van der Waals surface area contributed by atoms with Gasteiger partial charge < -0.3 is 10.4 Å². The molecule has 0 bridgehead atoms. The lowest BCUT2D eigenvalue weighted by Gasteiger charge is -2.40. The summed E-state index contributed by atoms with van der Waals surface area (Å²) in [6.45, 7) is 5.73.